The molecular formula is C17H17BrN2O3S. The molecule has 0 saturated heterocycles. The van der Waals surface area contributed by atoms with Crippen LogP contribution in [0.3, 0.4) is 0 Å². The number of carbonyl (C=O) groups excluding carboxylic acids is 1. The second-order valence-corrected chi connectivity index (χ2v) is 8.34. The average molecular weight is 409 g/mol. The molecule has 7 heteroatoms. The van der Waals surface area contributed by atoms with Gasteiger partial charge in [0.2, 0.25) is 15.9 Å². The molecule has 0 atom stereocenters. The molecule has 1 aliphatic heterocycles. The van der Waals surface area contributed by atoms with E-state index in [1.54, 1.807) is 36.1 Å². The summed E-state index contributed by atoms with van der Waals surface area (Å²) in [5.74, 6) is 0.0254. The Morgan fingerprint density at radius 1 is 1.21 bits per heavy atom. The second kappa shape index (κ2) is 6.66. The molecular weight excluding hydrogens is 392 g/mol. The standard InChI is InChI=1S/C17H17BrN2O3S/c1-12(21)20-9-8-14-10-13(2-7-17(14)20)11-19-24(22,23)16-5-3-15(18)4-6-16/h2-7,10,19H,8-9,11H2,1H3. The fourth-order valence-electron chi connectivity index (χ4n) is 2.77. The Morgan fingerprint density at radius 3 is 2.58 bits per heavy atom. The Bertz CT molecular complexity index is 879. The summed E-state index contributed by atoms with van der Waals surface area (Å²) in [6, 6.07) is 12.2. The zero-order valence-electron chi connectivity index (χ0n) is 13.1. The van der Waals surface area contributed by atoms with Crippen molar-refractivity contribution in [3.8, 4) is 0 Å². The van der Waals surface area contributed by atoms with E-state index in [2.05, 4.69) is 20.7 Å². The lowest BCUT2D eigenvalue weighted by Gasteiger charge is -2.15. The second-order valence-electron chi connectivity index (χ2n) is 5.66. The van der Waals surface area contributed by atoms with E-state index in [1.165, 1.54) is 0 Å². The number of sulfonamides is 1. The Kier molecular flexibility index (Phi) is 4.76. The minimum Gasteiger partial charge on any atom is -0.312 e. The number of nitrogens with one attached hydrogen (secondary N) is 1. The minimum absolute atomic E-state index is 0.0254. The topological polar surface area (TPSA) is 66.5 Å². The summed E-state index contributed by atoms with van der Waals surface area (Å²) in [5.41, 5.74) is 2.87. The highest BCUT2D eigenvalue weighted by Gasteiger charge is 2.22. The number of amides is 1. The molecule has 1 amide bonds. The molecule has 1 N–H and O–H groups in total. The summed E-state index contributed by atoms with van der Waals surface area (Å²) >= 11 is 3.29. The molecule has 0 radical (unpaired) electrons. The van der Waals surface area contributed by atoms with Crippen LogP contribution in [0.15, 0.2) is 51.8 Å². The third-order valence-electron chi connectivity index (χ3n) is 4.01. The molecule has 1 aliphatic rings. The average Bonchev–Trinajstić information content (AvgIpc) is 2.97. The zero-order valence-corrected chi connectivity index (χ0v) is 15.5. The number of hydrogen-bond donors (Lipinski definition) is 1. The van der Waals surface area contributed by atoms with Crippen LogP contribution in [0.2, 0.25) is 0 Å². The van der Waals surface area contributed by atoms with Crippen LogP contribution >= 0.6 is 15.9 Å². The first-order chi connectivity index (χ1) is 11.4. The molecule has 0 aromatic heterocycles. The molecule has 5 nitrogen and oxygen atoms in total. The van der Waals surface area contributed by atoms with Crippen molar-refractivity contribution in [1.29, 1.82) is 0 Å². The van der Waals surface area contributed by atoms with Crippen LogP contribution in [0, 0.1) is 0 Å². The maximum absolute atomic E-state index is 12.3. The van der Waals surface area contributed by atoms with Gasteiger partial charge in [-0.2, -0.15) is 0 Å². The SMILES string of the molecule is CC(=O)N1CCc2cc(CNS(=O)(=O)c3ccc(Br)cc3)ccc21. The van der Waals surface area contributed by atoms with Crippen LogP contribution in [0.4, 0.5) is 5.69 Å². The summed E-state index contributed by atoms with van der Waals surface area (Å²) in [7, 11) is -3.55. The fraction of sp³-hybridized carbons (Fsp3) is 0.235. The molecule has 0 spiro atoms. The number of nitrogens with zero attached hydrogens (tertiary/aromatic N) is 1. The fourth-order valence-corrected chi connectivity index (χ4v) is 4.05. The quantitative estimate of drug-likeness (QED) is 0.845. The van der Waals surface area contributed by atoms with Crippen LogP contribution < -0.4 is 9.62 Å². The largest absolute Gasteiger partial charge is 0.312 e. The molecule has 0 aliphatic carbocycles. The molecule has 3 rings (SSSR count). The number of carbonyl (C=O) groups is 1. The lowest BCUT2D eigenvalue weighted by molar-refractivity contribution is -0.116. The highest BCUT2D eigenvalue weighted by Crippen LogP contribution is 2.29. The van der Waals surface area contributed by atoms with E-state index in [9.17, 15) is 13.2 Å². The molecule has 2 aromatic carbocycles. The Labute approximate surface area is 149 Å². The number of rotatable bonds is 4. The van der Waals surface area contributed by atoms with E-state index >= 15 is 0 Å². The monoisotopic (exact) mass is 408 g/mol. The van der Waals surface area contributed by atoms with E-state index in [-0.39, 0.29) is 17.3 Å². The first kappa shape index (κ1) is 17.1. The van der Waals surface area contributed by atoms with Crippen molar-refractivity contribution in [3.63, 3.8) is 0 Å². The highest BCUT2D eigenvalue weighted by molar-refractivity contribution is 9.10. The summed E-state index contributed by atoms with van der Waals surface area (Å²) in [4.78, 5) is 13.5. The van der Waals surface area contributed by atoms with E-state index in [1.807, 2.05) is 18.2 Å². The zero-order chi connectivity index (χ0) is 17.3. The third kappa shape index (κ3) is 3.53. The minimum atomic E-state index is -3.55. The Balaban J connectivity index is 1.73. The predicted molar refractivity (Wildman–Crippen MR) is 96.3 cm³/mol. The third-order valence-corrected chi connectivity index (χ3v) is 5.96. The Morgan fingerprint density at radius 2 is 1.92 bits per heavy atom. The lowest BCUT2D eigenvalue weighted by Crippen LogP contribution is -2.25. The van der Waals surface area contributed by atoms with Gasteiger partial charge >= 0.3 is 0 Å². The number of halogens is 1. The van der Waals surface area contributed by atoms with Crippen molar-refractivity contribution in [3.05, 3.63) is 58.1 Å². The molecule has 126 valence electrons. The number of anilines is 1. The van der Waals surface area contributed by atoms with E-state index in [0.717, 1.165) is 27.7 Å². The van der Waals surface area contributed by atoms with Crippen molar-refractivity contribution < 1.29 is 13.2 Å². The lowest BCUT2D eigenvalue weighted by atomic mass is 10.1. The summed E-state index contributed by atoms with van der Waals surface area (Å²) in [6.07, 6.45) is 0.794. The smallest absolute Gasteiger partial charge is 0.240 e. The van der Waals surface area contributed by atoms with Crippen molar-refractivity contribution in [1.82, 2.24) is 4.72 Å². The number of hydrogen-bond acceptors (Lipinski definition) is 3. The maximum Gasteiger partial charge on any atom is 0.240 e. The van der Waals surface area contributed by atoms with Gasteiger partial charge in [-0.05, 0) is 47.9 Å². The normalized spacial score (nSPS) is 13.8. The summed E-state index contributed by atoms with van der Waals surface area (Å²) in [5, 5.41) is 0. The van der Waals surface area contributed by atoms with Gasteiger partial charge in [0.25, 0.3) is 0 Å². The first-order valence-electron chi connectivity index (χ1n) is 7.52. The molecule has 0 saturated carbocycles. The molecule has 24 heavy (non-hydrogen) atoms. The van der Waals surface area contributed by atoms with Crippen molar-refractivity contribution in [2.75, 3.05) is 11.4 Å². The van der Waals surface area contributed by atoms with Gasteiger partial charge in [-0.1, -0.05) is 28.1 Å². The number of fused-ring (bicyclic) bond motifs is 1. The predicted octanol–water partition coefficient (Wildman–Crippen LogP) is 2.84. The molecule has 0 fully saturated rings. The first-order valence-corrected chi connectivity index (χ1v) is 9.79. The summed E-state index contributed by atoms with van der Waals surface area (Å²) < 4.78 is 28.1. The van der Waals surface area contributed by atoms with Crippen LogP contribution in [0.1, 0.15) is 18.1 Å². The molecule has 0 unspecified atom stereocenters. The molecule has 2 aromatic rings. The number of benzene rings is 2. The van der Waals surface area contributed by atoms with Crippen LogP contribution in [0.5, 0.6) is 0 Å². The highest BCUT2D eigenvalue weighted by atomic mass is 79.9. The van der Waals surface area contributed by atoms with Gasteiger partial charge in [0, 0.05) is 30.2 Å². The van der Waals surface area contributed by atoms with Crippen LogP contribution in [-0.4, -0.2) is 20.9 Å². The van der Waals surface area contributed by atoms with Gasteiger partial charge in [0.15, 0.2) is 0 Å². The molecule has 0 bridgehead atoms. The van der Waals surface area contributed by atoms with Crippen molar-refractivity contribution >= 4 is 37.5 Å². The van der Waals surface area contributed by atoms with Crippen molar-refractivity contribution in [2.45, 2.75) is 24.8 Å². The van der Waals surface area contributed by atoms with Crippen LogP contribution in [-0.2, 0) is 27.8 Å². The van der Waals surface area contributed by atoms with Gasteiger partial charge in [0.1, 0.15) is 0 Å². The van der Waals surface area contributed by atoms with Gasteiger partial charge in [-0.15, -0.1) is 0 Å². The van der Waals surface area contributed by atoms with E-state index in [4.69, 9.17) is 0 Å². The van der Waals surface area contributed by atoms with Gasteiger partial charge in [-0.25, -0.2) is 13.1 Å². The van der Waals surface area contributed by atoms with Gasteiger partial charge in [-0.3, -0.25) is 4.79 Å². The van der Waals surface area contributed by atoms with E-state index in [0.29, 0.717) is 6.54 Å². The van der Waals surface area contributed by atoms with Gasteiger partial charge in [0.05, 0.1) is 4.90 Å². The van der Waals surface area contributed by atoms with E-state index < -0.39 is 10.0 Å². The van der Waals surface area contributed by atoms with Crippen molar-refractivity contribution in [2.24, 2.45) is 0 Å². The van der Waals surface area contributed by atoms with Crippen LogP contribution in [0.25, 0.3) is 0 Å². The maximum atomic E-state index is 12.3. The summed E-state index contributed by atoms with van der Waals surface area (Å²) in [6.45, 7) is 2.44. The molecule has 1 heterocycles. The Hall–Kier alpha value is -1.70. The van der Waals surface area contributed by atoms with Gasteiger partial charge < -0.3 is 4.90 Å².